The first-order valence-corrected chi connectivity index (χ1v) is 9.98. The van der Waals surface area contributed by atoms with Crippen molar-refractivity contribution in [3.63, 3.8) is 0 Å². The highest BCUT2D eigenvalue weighted by atomic mass is 79.9. The lowest BCUT2D eigenvalue weighted by Crippen LogP contribution is -2.07. The van der Waals surface area contributed by atoms with Crippen LogP contribution in [0.4, 0.5) is 11.4 Å². The van der Waals surface area contributed by atoms with Gasteiger partial charge in [0, 0.05) is 42.1 Å². The van der Waals surface area contributed by atoms with Gasteiger partial charge >= 0.3 is 0 Å². The Hall–Kier alpha value is -2.83. The van der Waals surface area contributed by atoms with E-state index in [1.807, 2.05) is 61.5 Å². The van der Waals surface area contributed by atoms with Gasteiger partial charge in [0.15, 0.2) is 5.58 Å². The Morgan fingerprint density at radius 2 is 1.86 bits per heavy atom. The Labute approximate surface area is 181 Å². The van der Waals surface area contributed by atoms with Crippen LogP contribution < -0.4 is 4.90 Å². The molecule has 29 heavy (non-hydrogen) atoms. The molecular weight excluding hydrogens is 454 g/mol. The summed E-state index contributed by atoms with van der Waals surface area (Å²) in [5.74, 6) is 0.645. The molecule has 0 unspecified atom stereocenters. The molecule has 0 bridgehead atoms. The molecule has 4 rings (SSSR count). The molecule has 0 saturated carbocycles. The smallest absolute Gasteiger partial charge is 0.227 e. The van der Waals surface area contributed by atoms with E-state index in [1.54, 1.807) is 18.3 Å². The van der Waals surface area contributed by atoms with Gasteiger partial charge in [-0.15, -0.1) is 0 Å². The number of hydrogen-bond acceptors (Lipinski definition) is 5. The molecule has 0 aliphatic heterocycles. The molecule has 0 saturated heterocycles. The van der Waals surface area contributed by atoms with E-state index in [-0.39, 0.29) is 5.75 Å². The molecule has 0 radical (unpaired) electrons. The van der Waals surface area contributed by atoms with Crippen LogP contribution in [0.2, 0.25) is 5.02 Å². The van der Waals surface area contributed by atoms with E-state index in [0.717, 1.165) is 11.3 Å². The molecule has 0 atom stereocenters. The lowest BCUT2D eigenvalue weighted by atomic mass is 10.2. The van der Waals surface area contributed by atoms with Gasteiger partial charge in [0.2, 0.25) is 5.89 Å². The third-order valence-electron chi connectivity index (χ3n) is 4.41. The minimum absolute atomic E-state index is 0.0871. The molecule has 1 N–H and O–H groups in total. The maximum absolute atomic E-state index is 10.1. The fraction of sp³-hybridized carbons (Fsp3) is 0.0909. The summed E-state index contributed by atoms with van der Waals surface area (Å²) in [6.07, 6.45) is 1.56. The Balaban J connectivity index is 1.63. The first-order valence-electron chi connectivity index (χ1n) is 8.81. The SMILES string of the molecule is CN(C)c1ccc(-c2nc3cc(N=Cc4cc(Cl)cc(Br)c4O)ccc3o2)cc1. The molecule has 0 aliphatic carbocycles. The predicted molar refractivity (Wildman–Crippen MR) is 122 cm³/mol. The van der Waals surface area contributed by atoms with E-state index in [1.165, 1.54) is 0 Å². The second-order valence-electron chi connectivity index (χ2n) is 6.70. The van der Waals surface area contributed by atoms with Gasteiger partial charge in [0.05, 0.1) is 10.2 Å². The second kappa shape index (κ2) is 7.89. The third kappa shape index (κ3) is 4.13. The monoisotopic (exact) mass is 469 g/mol. The van der Waals surface area contributed by atoms with Crippen molar-refractivity contribution in [1.29, 1.82) is 0 Å². The number of halogens is 2. The fourth-order valence-electron chi connectivity index (χ4n) is 2.85. The van der Waals surface area contributed by atoms with Crippen LogP contribution in [0.3, 0.4) is 0 Å². The van der Waals surface area contributed by atoms with Crippen LogP contribution in [0.15, 0.2) is 68.5 Å². The van der Waals surface area contributed by atoms with E-state index in [4.69, 9.17) is 16.0 Å². The normalized spacial score (nSPS) is 11.4. The zero-order chi connectivity index (χ0) is 20.5. The fourth-order valence-corrected chi connectivity index (χ4v) is 3.68. The minimum atomic E-state index is 0.0871. The van der Waals surface area contributed by atoms with E-state index in [0.29, 0.717) is 37.7 Å². The van der Waals surface area contributed by atoms with Crippen LogP contribution in [-0.4, -0.2) is 30.4 Å². The molecule has 0 aliphatic rings. The molecule has 7 heteroatoms. The Kier molecular flexibility index (Phi) is 5.30. The Bertz CT molecular complexity index is 1220. The van der Waals surface area contributed by atoms with E-state index < -0.39 is 0 Å². The lowest BCUT2D eigenvalue weighted by molar-refractivity contribution is 0.471. The molecule has 0 fully saturated rings. The first kappa shape index (κ1) is 19.5. The zero-order valence-corrected chi connectivity index (χ0v) is 18.1. The summed E-state index contributed by atoms with van der Waals surface area (Å²) in [7, 11) is 4.00. The van der Waals surface area contributed by atoms with Gasteiger partial charge in [-0.3, -0.25) is 4.99 Å². The average Bonchev–Trinajstić information content (AvgIpc) is 3.13. The summed E-state index contributed by atoms with van der Waals surface area (Å²) < 4.78 is 6.40. The number of aromatic hydroxyl groups is 1. The van der Waals surface area contributed by atoms with Gasteiger partial charge in [0.1, 0.15) is 11.3 Å². The highest BCUT2D eigenvalue weighted by molar-refractivity contribution is 9.10. The van der Waals surface area contributed by atoms with Crippen molar-refractivity contribution in [3.8, 4) is 17.2 Å². The number of phenols is 1. The van der Waals surface area contributed by atoms with E-state index >= 15 is 0 Å². The van der Waals surface area contributed by atoms with Crippen LogP contribution in [0.25, 0.3) is 22.6 Å². The highest BCUT2D eigenvalue weighted by Gasteiger charge is 2.10. The summed E-state index contributed by atoms with van der Waals surface area (Å²) in [6.45, 7) is 0. The zero-order valence-electron chi connectivity index (χ0n) is 15.7. The number of aromatic nitrogens is 1. The molecule has 1 heterocycles. The Morgan fingerprint density at radius 3 is 2.59 bits per heavy atom. The standard InChI is InChI=1S/C22H17BrClN3O2/c1-27(2)17-6-3-13(4-7-17)22-26-19-11-16(5-8-20(19)29-22)25-12-14-9-15(24)10-18(23)21(14)28/h3-12,28H,1-2H3. The van der Waals surface area contributed by atoms with E-state index in [2.05, 4.69) is 25.9 Å². The van der Waals surface area contributed by atoms with Crippen LogP contribution in [0.1, 0.15) is 5.56 Å². The van der Waals surface area contributed by atoms with Crippen molar-refractivity contribution in [1.82, 2.24) is 4.98 Å². The second-order valence-corrected chi connectivity index (χ2v) is 7.99. The quantitative estimate of drug-likeness (QED) is 0.349. The maximum atomic E-state index is 10.1. The summed E-state index contributed by atoms with van der Waals surface area (Å²) in [6, 6.07) is 16.8. The van der Waals surface area contributed by atoms with Gasteiger partial charge < -0.3 is 14.4 Å². The van der Waals surface area contributed by atoms with Gasteiger partial charge in [-0.1, -0.05) is 11.6 Å². The number of nitrogens with zero attached hydrogens (tertiary/aromatic N) is 3. The van der Waals surface area contributed by atoms with Gasteiger partial charge in [-0.25, -0.2) is 4.98 Å². The van der Waals surface area contributed by atoms with Crippen molar-refractivity contribution in [2.75, 3.05) is 19.0 Å². The highest BCUT2D eigenvalue weighted by Crippen LogP contribution is 2.32. The molecule has 4 aromatic rings. The van der Waals surface area contributed by atoms with Gasteiger partial charge in [-0.2, -0.15) is 0 Å². The maximum Gasteiger partial charge on any atom is 0.227 e. The Morgan fingerprint density at radius 1 is 1.10 bits per heavy atom. The molecular formula is C22H17BrClN3O2. The molecule has 0 amide bonds. The summed E-state index contributed by atoms with van der Waals surface area (Å²) in [5, 5.41) is 10.6. The summed E-state index contributed by atoms with van der Waals surface area (Å²) >= 11 is 9.31. The van der Waals surface area contributed by atoms with Crippen LogP contribution >= 0.6 is 27.5 Å². The number of benzene rings is 3. The number of hydrogen-bond donors (Lipinski definition) is 1. The molecule has 0 spiro atoms. The molecule has 1 aromatic heterocycles. The van der Waals surface area contributed by atoms with Crippen molar-refractivity contribution in [3.05, 3.63) is 69.7 Å². The summed E-state index contributed by atoms with van der Waals surface area (Å²) in [4.78, 5) is 11.1. The third-order valence-corrected chi connectivity index (χ3v) is 5.23. The molecule has 3 aromatic carbocycles. The molecule has 5 nitrogen and oxygen atoms in total. The minimum Gasteiger partial charge on any atom is -0.506 e. The number of phenolic OH excluding ortho intramolecular Hbond substituents is 1. The summed E-state index contributed by atoms with van der Waals surface area (Å²) in [5.41, 5.74) is 4.62. The largest absolute Gasteiger partial charge is 0.506 e. The topological polar surface area (TPSA) is 61.9 Å². The number of fused-ring (bicyclic) bond motifs is 1. The van der Waals surface area contributed by atoms with Crippen LogP contribution in [0.5, 0.6) is 5.75 Å². The van der Waals surface area contributed by atoms with Crippen molar-refractivity contribution in [2.45, 2.75) is 0 Å². The van der Waals surface area contributed by atoms with Gasteiger partial charge in [0.25, 0.3) is 0 Å². The van der Waals surface area contributed by atoms with Crippen LogP contribution in [-0.2, 0) is 0 Å². The first-order chi connectivity index (χ1) is 13.9. The number of rotatable bonds is 4. The predicted octanol–water partition coefficient (Wildman–Crippen LogP) is 6.43. The van der Waals surface area contributed by atoms with Crippen LogP contribution in [0, 0.1) is 0 Å². The van der Waals surface area contributed by atoms with Crippen molar-refractivity contribution in [2.24, 2.45) is 4.99 Å². The molecule has 146 valence electrons. The lowest BCUT2D eigenvalue weighted by Gasteiger charge is -2.11. The number of anilines is 1. The van der Waals surface area contributed by atoms with Crippen molar-refractivity contribution >= 4 is 56.2 Å². The van der Waals surface area contributed by atoms with Gasteiger partial charge in [-0.05, 0) is 70.5 Å². The number of oxazole rings is 1. The van der Waals surface area contributed by atoms with E-state index in [9.17, 15) is 5.11 Å². The van der Waals surface area contributed by atoms with Crippen molar-refractivity contribution < 1.29 is 9.52 Å². The number of aliphatic imine (C=N–C) groups is 1. The average molecular weight is 471 g/mol.